The first-order valence-corrected chi connectivity index (χ1v) is 6.77. The minimum atomic E-state index is -3.46. The molecule has 0 bridgehead atoms. The van der Waals surface area contributed by atoms with Crippen molar-refractivity contribution in [3.63, 3.8) is 0 Å². The molecular formula is C9H16N4O2S. The summed E-state index contributed by atoms with van der Waals surface area (Å²) in [6.07, 6.45) is 4.85. The smallest absolute Gasteiger partial charge is 0.259 e. The van der Waals surface area contributed by atoms with Gasteiger partial charge in [-0.15, -0.1) is 0 Å². The van der Waals surface area contributed by atoms with Crippen molar-refractivity contribution in [1.29, 1.82) is 0 Å². The van der Waals surface area contributed by atoms with Crippen molar-refractivity contribution in [3.05, 3.63) is 12.5 Å². The van der Waals surface area contributed by atoms with E-state index in [1.807, 2.05) is 0 Å². The number of piperidine rings is 1. The van der Waals surface area contributed by atoms with Crippen molar-refractivity contribution in [2.75, 3.05) is 13.1 Å². The second kappa shape index (κ2) is 4.52. The van der Waals surface area contributed by atoms with E-state index in [2.05, 4.69) is 15.0 Å². The third-order valence-electron chi connectivity index (χ3n) is 2.58. The Balaban J connectivity index is 2.07. The molecule has 1 aliphatic heterocycles. The fourth-order valence-electron chi connectivity index (χ4n) is 1.76. The van der Waals surface area contributed by atoms with Crippen LogP contribution in [0.5, 0.6) is 0 Å². The van der Waals surface area contributed by atoms with Crippen LogP contribution >= 0.6 is 0 Å². The van der Waals surface area contributed by atoms with Gasteiger partial charge in [-0.3, -0.25) is 0 Å². The zero-order chi connectivity index (χ0) is 11.6. The lowest BCUT2D eigenvalue weighted by molar-refractivity contribution is 0.428. The van der Waals surface area contributed by atoms with Crippen LogP contribution in [0.15, 0.2) is 17.6 Å². The Morgan fingerprint density at radius 3 is 3.00 bits per heavy atom. The summed E-state index contributed by atoms with van der Waals surface area (Å²) < 4.78 is 28.1. The number of aromatic nitrogens is 2. The molecule has 7 heteroatoms. The highest BCUT2D eigenvalue weighted by Gasteiger charge is 2.23. The monoisotopic (exact) mass is 244 g/mol. The maximum Gasteiger partial charge on any atom is 0.259 e. The van der Waals surface area contributed by atoms with Crippen molar-refractivity contribution < 1.29 is 8.42 Å². The van der Waals surface area contributed by atoms with Crippen molar-refractivity contribution >= 4 is 10.0 Å². The minimum absolute atomic E-state index is 0.0271. The SMILES string of the molecule is Cn1cnc(S(=O)(=O)NC2CCCNC2)c1. The maximum absolute atomic E-state index is 11.9. The lowest BCUT2D eigenvalue weighted by Crippen LogP contribution is -2.45. The van der Waals surface area contributed by atoms with Gasteiger partial charge in [0.1, 0.15) is 0 Å². The van der Waals surface area contributed by atoms with Crippen LogP contribution in [0.25, 0.3) is 0 Å². The fourth-order valence-corrected chi connectivity index (χ4v) is 3.01. The number of hydrogen-bond acceptors (Lipinski definition) is 4. The lowest BCUT2D eigenvalue weighted by Gasteiger charge is -2.22. The molecule has 1 aromatic heterocycles. The topological polar surface area (TPSA) is 76.0 Å². The predicted octanol–water partition coefficient (Wildman–Crippen LogP) is -0.550. The van der Waals surface area contributed by atoms with Crippen LogP contribution in [-0.2, 0) is 17.1 Å². The fraction of sp³-hybridized carbons (Fsp3) is 0.667. The molecule has 1 fully saturated rings. The van der Waals surface area contributed by atoms with Gasteiger partial charge in [-0.1, -0.05) is 0 Å². The molecule has 1 unspecified atom stereocenters. The molecule has 16 heavy (non-hydrogen) atoms. The molecule has 90 valence electrons. The average Bonchev–Trinajstić information content (AvgIpc) is 2.66. The summed E-state index contributed by atoms with van der Waals surface area (Å²) in [7, 11) is -1.72. The van der Waals surface area contributed by atoms with Gasteiger partial charge >= 0.3 is 0 Å². The Morgan fingerprint density at radius 1 is 1.62 bits per heavy atom. The highest BCUT2D eigenvalue weighted by atomic mass is 32.2. The molecule has 0 saturated carbocycles. The van der Waals surface area contributed by atoms with Crippen LogP contribution in [-0.4, -0.2) is 37.1 Å². The molecular weight excluding hydrogens is 228 g/mol. The number of imidazole rings is 1. The van der Waals surface area contributed by atoms with Crippen LogP contribution in [0.2, 0.25) is 0 Å². The Bertz CT molecular complexity index is 448. The Kier molecular flexibility index (Phi) is 3.27. The summed E-state index contributed by atoms with van der Waals surface area (Å²) in [5.74, 6) is 0. The van der Waals surface area contributed by atoms with E-state index in [-0.39, 0.29) is 11.1 Å². The van der Waals surface area contributed by atoms with E-state index in [1.54, 1.807) is 11.6 Å². The quantitative estimate of drug-likeness (QED) is 0.748. The first kappa shape index (κ1) is 11.6. The van der Waals surface area contributed by atoms with E-state index in [1.165, 1.54) is 12.5 Å². The molecule has 2 heterocycles. The van der Waals surface area contributed by atoms with E-state index in [9.17, 15) is 8.42 Å². The van der Waals surface area contributed by atoms with Gasteiger partial charge in [0.2, 0.25) is 0 Å². The van der Waals surface area contributed by atoms with E-state index in [0.717, 1.165) is 19.4 Å². The van der Waals surface area contributed by atoms with E-state index in [4.69, 9.17) is 0 Å². The van der Waals surface area contributed by atoms with Crippen LogP contribution in [0.1, 0.15) is 12.8 Å². The highest BCUT2D eigenvalue weighted by Crippen LogP contribution is 2.08. The number of sulfonamides is 1. The van der Waals surface area contributed by atoms with Gasteiger partial charge in [-0.25, -0.2) is 18.1 Å². The molecule has 1 saturated heterocycles. The molecule has 2 rings (SSSR count). The molecule has 0 radical (unpaired) electrons. The molecule has 0 aliphatic carbocycles. The van der Waals surface area contributed by atoms with Crippen molar-refractivity contribution in [2.45, 2.75) is 23.9 Å². The number of nitrogens with one attached hydrogen (secondary N) is 2. The van der Waals surface area contributed by atoms with Crippen molar-refractivity contribution in [3.8, 4) is 0 Å². The largest absolute Gasteiger partial charge is 0.339 e. The minimum Gasteiger partial charge on any atom is -0.339 e. The van der Waals surface area contributed by atoms with Crippen molar-refractivity contribution in [2.24, 2.45) is 7.05 Å². The first-order valence-electron chi connectivity index (χ1n) is 5.29. The molecule has 1 aromatic rings. The van der Waals surface area contributed by atoms with Gasteiger partial charge in [0, 0.05) is 25.8 Å². The van der Waals surface area contributed by atoms with E-state index >= 15 is 0 Å². The van der Waals surface area contributed by atoms with Crippen LogP contribution in [0.3, 0.4) is 0 Å². The Hall–Kier alpha value is -0.920. The Labute approximate surface area is 95.1 Å². The van der Waals surface area contributed by atoms with Crippen molar-refractivity contribution in [1.82, 2.24) is 19.6 Å². The molecule has 0 amide bonds. The number of hydrogen-bond donors (Lipinski definition) is 2. The summed E-state index contributed by atoms with van der Waals surface area (Å²) >= 11 is 0. The molecule has 2 N–H and O–H groups in total. The van der Waals surface area contributed by atoms with Gasteiger partial charge in [-0.05, 0) is 19.4 Å². The summed E-state index contributed by atoms with van der Waals surface area (Å²) in [5, 5.41) is 3.25. The van der Waals surface area contributed by atoms with Gasteiger partial charge in [0.05, 0.1) is 6.33 Å². The predicted molar refractivity (Wildman–Crippen MR) is 59.4 cm³/mol. The van der Waals surface area contributed by atoms with E-state index in [0.29, 0.717) is 6.54 Å². The van der Waals surface area contributed by atoms with Crippen LogP contribution < -0.4 is 10.0 Å². The highest BCUT2D eigenvalue weighted by molar-refractivity contribution is 7.89. The number of aryl methyl sites for hydroxylation is 1. The van der Waals surface area contributed by atoms with E-state index < -0.39 is 10.0 Å². The third-order valence-corrected chi connectivity index (χ3v) is 3.98. The summed E-state index contributed by atoms with van der Waals surface area (Å²) in [4.78, 5) is 3.85. The maximum atomic E-state index is 11.9. The first-order chi connectivity index (χ1) is 7.58. The molecule has 6 nitrogen and oxygen atoms in total. The second-order valence-electron chi connectivity index (χ2n) is 4.04. The standard InChI is InChI=1S/C9H16N4O2S/c1-13-6-9(11-7-13)16(14,15)12-8-3-2-4-10-5-8/h6-8,10,12H,2-5H2,1H3. The summed E-state index contributed by atoms with van der Waals surface area (Å²) in [6.45, 7) is 1.65. The third kappa shape index (κ3) is 2.60. The van der Waals surface area contributed by atoms with Gasteiger partial charge < -0.3 is 9.88 Å². The molecule has 1 aliphatic rings. The Morgan fingerprint density at radius 2 is 2.44 bits per heavy atom. The zero-order valence-corrected chi connectivity index (χ0v) is 10.00. The average molecular weight is 244 g/mol. The van der Waals surface area contributed by atoms with Gasteiger partial charge in [0.25, 0.3) is 10.0 Å². The molecule has 1 atom stereocenters. The molecule has 0 aromatic carbocycles. The zero-order valence-electron chi connectivity index (χ0n) is 9.18. The second-order valence-corrected chi connectivity index (χ2v) is 5.70. The molecule has 0 spiro atoms. The van der Waals surface area contributed by atoms with Crippen LogP contribution in [0.4, 0.5) is 0 Å². The van der Waals surface area contributed by atoms with Crippen LogP contribution in [0, 0.1) is 0 Å². The van der Waals surface area contributed by atoms with Gasteiger partial charge in [0.15, 0.2) is 5.03 Å². The number of nitrogens with zero attached hydrogens (tertiary/aromatic N) is 2. The van der Waals surface area contributed by atoms with Gasteiger partial charge in [-0.2, -0.15) is 0 Å². The normalized spacial score (nSPS) is 22.2. The summed E-state index contributed by atoms with van der Waals surface area (Å²) in [6, 6.07) is -0.0271. The summed E-state index contributed by atoms with van der Waals surface area (Å²) in [5.41, 5.74) is 0. The number of rotatable bonds is 3. The lowest BCUT2D eigenvalue weighted by atomic mass is 10.1.